The van der Waals surface area contributed by atoms with Crippen molar-refractivity contribution >= 4 is 29.3 Å². The largest absolute Gasteiger partial charge is 0.456 e. The molecular formula is C23H26N2O5. The number of rotatable bonds is 9. The molecule has 0 saturated carbocycles. The summed E-state index contributed by atoms with van der Waals surface area (Å²) < 4.78 is 4.93. The first-order valence-corrected chi connectivity index (χ1v) is 9.68. The molecule has 158 valence electrons. The van der Waals surface area contributed by atoms with Gasteiger partial charge in [-0.1, -0.05) is 31.5 Å². The van der Waals surface area contributed by atoms with Crippen LogP contribution < -0.4 is 10.6 Å². The predicted octanol–water partition coefficient (Wildman–Crippen LogP) is 3.14. The molecular weight excluding hydrogens is 384 g/mol. The van der Waals surface area contributed by atoms with E-state index in [4.69, 9.17) is 4.74 Å². The molecule has 0 radical (unpaired) electrons. The molecule has 7 nitrogen and oxygen atoms in total. The smallest absolute Gasteiger partial charge is 0.325 e. The summed E-state index contributed by atoms with van der Waals surface area (Å²) in [5, 5.41) is 5.21. The second-order valence-corrected chi connectivity index (χ2v) is 7.36. The Bertz CT molecular complexity index is 902. The van der Waals surface area contributed by atoms with E-state index in [9.17, 15) is 19.2 Å². The maximum absolute atomic E-state index is 12.2. The normalized spacial score (nSPS) is 10.4. The van der Waals surface area contributed by atoms with Crippen LogP contribution in [0.25, 0.3) is 0 Å². The van der Waals surface area contributed by atoms with Crippen LogP contribution in [0, 0.1) is 12.8 Å². The van der Waals surface area contributed by atoms with E-state index in [2.05, 4.69) is 10.6 Å². The lowest BCUT2D eigenvalue weighted by molar-refractivity contribution is -0.141. The van der Waals surface area contributed by atoms with Crippen molar-refractivity contribution in [1.82, 2.24) is 5.32 Å². The van der Waals surface area contributed by atoms with Crippen molar-refractivity contribution < 1.29 is 23.9 Å². The summed E-state index contributed by atoms with van der Waals surface area (Å²) in [6, 6.07) is 13.3. The number of ether oxygens (including phenoxy) is 1. The quantitative estimate of drug-likeness (QED) is 0.488. The van der Waals surface area contributed by atoms with Gasteiger partial charge in [-0.05, 0) is 49.2 Å². The highest BCUT2D eigenvalue weighted by Gasteiger charge is 2.13. The molecule has 30 heavy (non-hydrogen) atoms. The summed E-state index contributed by atoms with van der Waals surface area (Å²) in [7, 11) is 0. The van der Waals surface area contributed by atoms with Crippen LogP contribution in [0.3, 0.4) is 0 Å². The number of amides is 2. The Morgan fingerprint density at radius 3 is 2.10 bits per heavy atom. The average Bonchev–Trinajstić information content (AvgIpc) is 2.70. The van der Waals surface area contributed by atoms with Gasteiger partial charge >= 0.3 is 5.97 Å². The molecule has 0 spiro atoms. The van der Waals surface area contributed by atoms with Gasteiger partial charge in [0.2, 0.25) is 5.91 Å². The Balaban J connectivity index is 1.76. The minimum absolute atomic E-state index is 0.0920. The highest BCUT2D eigenvalue weighted by molar-refractivity contribution is 5.99. The van der Waals surface area contributed by atoms with Gasteiger partial charge in [0.05, 0.1) is 0 Å². The van der Waals surface area contributed by atoms with Crippen molar-refractivity contribution in [1.29, 1.82) is 0 Å². The highest BCUT2D eigenvalue weighted by Crippen LogP contribution is 2.12. The zero-order valence-corrected chi connectivity index (χ0v) is 17.4. The molecule has 0 aromatic heterocycles. The lowest BCUT2D eigenvalue weighted by Gasteiger charge is -2.08. The Morgan fingerprint density at radius 2 is 1.50 bits per heavy atom. The first kappa shape index (κ1) is 22.8. The SMILES string of the molecule is Cc1ccc(C(=O)NCC(=O)OCC(=O)c2ccc(NC(=O)CC(C)C)cc2)cc1. The van der Waals surface area contributed by atoms with E-state index in [1.54, 1.807) is 48.5 Å². The molecule has 2 aromatic rings. The number of carbonyl (C=O) groups is 4. The van der Waals surface area contributed by atoms with Crippen LogP contribution >= 0.6 is 0 Å². The van der Waals surface area contributed by atoms with Crippen LogP contribution in [0.15, 0.2) is 48.5 Å². The predicted molar refractivity (Wildman–Crippen MR) is 113 cm³/mol. The molecule has 0 atom stereocenters. The van der Waals surface area contributed by atoms with E-state index < -0.39 is 18.5 Å². The molecule has 0 bridgehead atoms. The molecule has 2 amide bonds. The van der Waals surface area contributed by atoms with Crippen LogP contribution in [0.1, 0.15) is 46.5 Å². The lowest BCUT2D eigenvalue weighted by Crippen LogP contribution is -2.31. The standard InChI is InChI=1S/C23H26N2O5/c1-15(2)12-21(27)25-19-10-8-17(9-11-19)20(26)14-30-22(28)13-24-23(29)18-6-4-16(3)5-7-18/h4-11,15H,12-14H2,1-3H3,(H,24,29)(H,25,27). The van der Waals surface area contributed by atoms with Crippen LogP contribution in [0.2, 0.25) is 0 Å². The molecule has 0 saturated heterocycles. The third kappa shape index (κ3) is 7.50. The van der Waals surface area contributed by atoms with Gasteiger partial charge in [0.25, 0.3) is 5.91 Å². The Kier molecular flexibility index (Phi) is 8.29. The number of ketones is 1. The van der Waals surface area contributed by atoms with Crippen LogP contribution in [-0.2, 0) is 14.3 Å². The van der Waals surface area contributed by atoms with Gasteiger partial charge in [0, 0.05) is 23.2 Å². The average molecular weight is 410 g/mol. The molecule has 0 aliphatic carbocycles. The van der Waals surface area contributed by atoms with Gasteiger partial charge < -0.3 is 15.4 Å². The fraction of sp³-hybridized carbons (Fsp3) is 0.304. The second-order valence-electron chi connectivity index (χ2n) is 7.36. The summed E-state index contributed by atoms with van der Waals surface area (Å²) in [5.41, 5.74) is 2.40. The maximum atomic E-state index is 12.2. The maximum Gasteiger partial charge on any atom is 0.325 e. The van der Waals surface area contributed by atoms with E-state index in [1.165, 1.54) is 0 Å². The first-order valence-electron chi connectivity index (χ1n) is 9.68. The number of carbonyl (C=O) groups excluding carboxylic acids is 4. The highest BCUT2D eigenvalue weighted by atomic mass is 16.5. The summed E-state index contributed by atoms with van der Waals surface area (Å²) >= 11 is 0. The van der Waals surface area contributed by atoms with Gasteiger partial charge in [-0.15, -0.1) is 0 Å². The van der Waals surface area contributed by atoms with Gasteiger partial charge in [0.15, 0.2) is 12.4 Å². The minimum Gasteiger partial charge on any atom is -0.456 e. The molecule has 2 N–H and O–H groups in total. The fourth-order valence-corrected chi connectivity index (χ4v) is 2.56. The number of nitrogens with one attached hydrogen (secondary N) is 2. The van der Waals surface area contributed by atoms with Crippen LogP contribution in [0.5, 0.6) is 0 Å². The zero-order valence-electron chi connectivity index (χ0n) is 17.4. The van der Waals surface area contributed by atoms with Crippen molar-refractivity contribution in [2.45, 2.75) is 27.2 Å². The van der Waals surface area contributed by atoms with Crippen molar-refractivity contribution in [2.75, 3.05) is 18.5 Å². The fourth-order valence-electron chi connectivity index (χ4n) is 2.56. The molecule has 0 aliphatic rings. The summed E-state index contributed by atoms with van der Waals surface area (Å²) in [6.45, 7) is 5.05. The monoisotopic (exact) mass is 410 g/mol. The van der Waals surface area contributed by atoms with Crippen LogP contribution in [0.4, 0.5) is 5.69 Å². The zero-order chi connectivity index (χ0) is 22.1. The molecule has 2 aromatic carbocycles. The number of aryl methyl sites for hydroxylation is 1. The lowest BCUT2D eigenvalue weighted by atomic mass is 10.1. The number of hydrogen-bond donors (Lipinski definition) is 2. The van der Waals surface area contributed by atoms with E-state index in [0.717, 1.165) is 5.56 Å². The van der Waals surface area contributed by atoms with E-state index in [-0.39, 0.29) is 24.2 Å². The minimum atomic E-state index is -0.707. The van der Waals surface area contributed by atoms with Crippen LogP contribution in [-0.4, -0.2) is 36.7 Å². The van der Waals surface area contributed by atoms with Gasteiger partial charge in [-0.2, -0.15) is 0 Å². The van der Waals surface area contributed by atoms with Gasteiger partial charge in [0.1, 0.15) is 6.54 Å². The number of anilines is 1. The Hall–Kier alpha value is -3.48. The van der Waals surface area contributed by atoms with E-state index in [0.29, 0.717) is 23.2 Å². The molecule has 0 aliphatic heterocycles. The molecule has 0 unspecified atom stereocenters. The topological polar surface area (TPSA) is 102 Å². The number of benzene rings is 2. The molecule has 7 heteroatoms. The number of Topliss-reactive ketones (excluding diaryl/α,β-unsaturated/α-hetero) is 1. The Morgan fingerprint density at radius 1 is 0.900 bits per heavy atom. The first-order chi connectivity index (χ1) is 14.2. The molecule has 0 fully saturated rings. The third-order valence-corrected chi connectivity index (χ3v) is 4.16. The van der Waals surface area contributed by atoms with Gasteiger partial charge in [-0.25, -0.2) is 0 Å². The third-order valence-electron chi connectivity index (χ3n) is 4.16. The second kappa shape index (κ2) is 10.9. The van der Waals surface area contributed by atoms with Crippen molar-refractivity contribution in [3.63, 3.8) is 0 Å². The van der Waals surface area contributed by atoms with Gasteiger partial charge in [-0.3, -0.25) is 19.2 Å². The van der Waals surface area contributed by atoms with Crippen molar-refractivity contribution in [2.24, 2.45) is 5.92 Å². The molecule has 2 rings (SSSR count). The Labute approximate surface area is 175 Å². The van der Waals surface area contributed by atoms with E-state index >= 15 is 0 Å². The number of esters is 1. The van der Waals surface area contributed by atoms with Crippen molar-refractivity contribution in [3.8, 4) is 0 Å². The van der Waals surface area contributed by atoms with Crippen molar-refractivity contribution in [3.05, 3.63) is 65.2 Å². The van der Waals surface area contributed by atoms with E-state index in [1.807, 2.05) is 20.8 Å². The number of hydrogen-bond acceptors (Lipinski definition) is 5. The molecule has 0 heterocycles. The summed E-state index contributed by atoms with van der Waals surface area (Å²) in [5.74, 6) is -1.32. The summed E-state index contributed by atoms with van der Waals surface area (Å²) in [6.07, 6.45) is 0.414. The summed E-state index contributed by atoms with van der Waals surface area (Å²) in [4.78, 5) is 47.7.